The van der Waals surface area contributed by atoms with Gasteiger partial charge in [0.15, 0.2) is 0 Å². The molecule has 0 fully saturated rings. The second kappa shape index (κ2) is 4.76. The summed E-state index contributed by atoms with van der Waals surface area (Å²) in [5, 5.41) is 12.1. The number of phenolic OH excluding ortho intramolecular Hbond substituents is 1. The summed E-state index contributed by atoms with van der Waals surface area (Å²) in [5.74, 6) is 0.0157. The second-order valence-corrected chi connectivity index (χ2v) is 4.93. The molecule has 0 amide bonds. The van der Waals surface area contributed by atoms with Gasteiger partial charge in [-0.05, 0) is 17.0 Å². The molecule has 1 radical (unpaired) electrons. The van der Waals surface area contributed by atoms with Gasteiger partial charge in [0.25, 0.3) is 0 Å². The number of hydrogen-bond acceptors (Lipinski definition) is 1. The largest absolute Gasteiger partial charge is 0.506 e. The molecule has 3 aromatic carbocycles. The van der Waals surface area contributed by atoms with E-state index in [4.69, 9.17) is 23.2 Å². The maximum atomic E-state index is 10.1. The molecule has 0 bridgehead atoms. The number of hydrogen-bond donors (Lipinski definition) is 1. The lowest BCUT2D eigenvalue weighted by atomic mass is 9.97. The van der Waals surface area contributed by atoms with Crippen molar-refractivity contribution in [3.05, 3.63) is 64.6 Å². The molecule has 0 unspecified atom stereocenters. The van der Waals surface area contributed by atoms with Gasteiger partial charge in [0, 0.05) is 10.9 Å². The molecule has 3 rings (SSSR count). The monoisotopic (exact) mass is 287 g/mol. The zero-order valence-electron chi connectivity index (χ0n) is 9.82. The standard InChI is InChI=1S/C16H9Cl2O/c17-14-13(10-6-2-1-3-7-10)11-8-4-5-9-12(11)16(19)15(14)18/h1-6,8-9,19H. The molecule has 0 aliphatic carbocycles. The van der Waals surface area contributed by atoms with Crippen molar-refractivity contribution in [1.29, 1.82) is 0 Å². The number of fused-ring (bicyclic) bond motifs is 1. The zero-order valence-corrected chi connectivity index (χ0v) is 11.3. The van der Waals surface area contributed by atoms with Gasteiger partial charge in [-0.3, -0.25) is 0 Å². The summed E-state index contributed by atoms with van der Waals surface area (Å²) in [6.07, 6.45) is 0. The highest BCUT2D eigenvalue weighted by Gasteiger charge is 2.17. The van der Waals surface area contributed by atoms with Crippen LogP contribution in [0, 0.1) is 6.07 Å². The Balaban J connectivity index is 2.48. The number of rotatable bonds is 1. The van der Waals surface area contributed by atoms with E-state index >= 15 is 0 Å². The molecule has 1 N–H and O–H groups in total. The molecule has 0 aliphatic rings. The summed E-state index contributed by atoms with van der Waals surface area (Å²) in [6, 6.07) is 18.2. The highest BCUT2D eigenvalue weighted by atomic mass is 35.5. The Morgan fingerprint density at radius 2 is 1.53 bits per heavy atom. The van der Waals surface area contributed by atoms with Crippen molar-refractivity contribution >= 4 is 34.0 Å². The van der Waals surface area contributed by atoms with Crippen LogP contribution in [-0.4, -0.2) is 5.11 Å². The third-order valence-electron chi connectivity index (χ3n) is 3.05. The molecule has 0 atom stereocenters. The number of aromatic hydroxyl groups is 1. The summed E-state index contributed by atoms with van der Waals surface area (Å²) in [6.45, 7) is 0. The van der Waals surface area contributed by atoms with Crippen LogP contribution in [0.2, 0.25) is 10.0 Å². The van der Waals surface area contributed by atoms with E-state index in [9.17, 15) is 5.11 Å². The summed E-state index contributed by atoms with van der Waals surface area (Å²) in [7, 11) is 0. The van der Waals surface area contributed by atoms with Gasteiger partial charge in [0.2, 0.25) is 0 Å². The summed E-state index contributed by atoms with van der Waals surface area (Å²) in [4.78, 5) is 0. The van der Waals surface area contributed by atoms with Crippen molar-refractivity contribution < 1.29 is 5.11 Å². The minimum absolute atomic E-state index is 0.0157. The van der Waals surface area contributed by atoms with Crippen molar-refractivity contribution in [2.75, 3.05) is 0 Å². The zero-order chi connectivity index (χ0) is 13.4. The predicted octanol–water partition coefficient (Wildman–Crippen LogP) is 5.32. The normalized spacial score (nSPS) is 10.8. The summed E-state index contributed by atoms with van der Waals surface area (Å²) < 4.78 is 0. The van der Waals surface area contributed by atoms with Crippen LogP contribution in [-0.2, 0) is 0 Å². The van der Waals surface area contributed by atoms with Crippen molar-refractivity contribution in [3.63, 3.8) is 0 Å². The van der Waals surface area contributed by atoms with Crippen molar-refractivity contribution in [1.82, 2.24) is 0 Å². The topological polar surface area (TPSA) is 20.2 Å². The number of benzene rings is 3. The van der Waals surface area contributed by atoms with E-state index in [1.54, 1.807) is 0 Å². The highest BCUT2D eigenvalue weighted by molar-refractivity contribution is 6.46. The van der Waals surface area contributed by atoms with Crippen molar-refractivity contribution in [2.45, 2.75) is 0 Å². The Morgan fingerprint density at radius 3 is 2.21 bits per heavy atom. The van der Waals surface area contributed by atoms with E-state index < -0.39 is 0 Å². The molecule has 3 heteroatoms. The Labute approximate surface area is 121 Å². The van der Waals surface area contributed by atoms with Crippen LogP contribution in [0.3, 0.4) is 0 Å². The number of halogens is 2. The smallest absolute Gasteiger partial charge is 0.143 e. The molecule has 0 saturated carbocycles. The molecule has 19 heavy (non-hydrogen) atoms. The summed E-state index contributed by atoms with van der Waals surface area (Å²) >= 11 is 12.4. The van der Waals surface area contributed by atoms with Gasteiger partial charge in [0.05, 0.1) is 5.02 Å². The fourth-order valence-electron chi connectivity index (χ4n) is 2.17. The molecular weight excluding hydrogens is 279 g/mol. The Kier molecular flexibility index (Phi) is 3.09. The van der Waals surface area contributed by atoms with Crippen LogP contribution in [0.1, 0.15) is 0 Å². The van der Waals surface area contributed by atoms with Crippen molar-refractivity contribution in [2.24, 2.45) is 0 Å². The lowest BCUT2D eigenvalue weighted by Gasteiger charge is -2.12. The number of phenols is 1. The first-order valence-corrected chi connectivity index (χ1v) is 6.51. The van der Waals surface area contributed by atoms with Crippen LogP contribution in [0.15, 0.2) is 48.5 Å². The van der Waals surface area contributed by atoms with Gasteiger partial charge < -0.3 is 5.11 Å². The fraction of sp³-hybridized carbons (Fsp3) is 0. The first-order chi connectivity index (χ1) is 9.20. The molecule has 1 nitrogen and oxygen atoms in total. The van der Waals surface area contributed by atoms with E-state index in [0.717, 1.165) is 16.5 Å². The van der Waals surface area contributed by atoms with Crippen molar-refractivity contribution in [3.8, 4) is 16.9 Å². The lowest BCUT2D eigenvalue weighted by molar-refractivity contribution is 0.482. The maximum absolute atomic E-state index is 10.1. The van der Waals surface area contributed by atoms with E-state index in [1.807, 2.05) is 48.5 Å². The average Bonchev–Trinajstić information content (AvgIpc) is 2.46. The van der Waals surface area contributed by atoms with E-state index in [1.165, 1.54) is 0 Å². The van der Waals surface area contributed by atoms with Gasteiger partial charge in [0.1, 0.15) is 10.8 Å². The predicted molar refractivity (Wildman–Crippen MR) is 79.9 cm³/mol. The van der Waals surface area contributed by atoms with Gasteiger partial charge >= 0.3 is 0 Å². The Morgan fingerprint density at radius 1 is 0.842 bits per heavy atom. The van der Waals surface area contributed by atoms with Gasteiger partial charge in [-0.2, -0.15) is 0 Å². The van der Waals surface area contributed by atoms with Gasteiger partial charge in [-0.15, -0.1) is 0 Å². The Hall–Kier alpha value is -1.70. The molecule has 0 spiro atoms. The van der Waals surface area contributed by atoms with Crippen LogP contribution < -0.4 is 0 Å². The minimum atomic E-state index is 0.0157. The molecule has 0 heterocycles. The molecule has 0 aromatic heterocycles. The van der Waals surface area contributed by atoms with E-state index in [0.29, 0.717) is 10.4 Å². The maximum Gasteiger partial charge on any atom is 0.143 e. The molecule has 93 valence electrons. The van der Waals surface area contributed by atoms with Crippen LogP contribution in [0.4, 0.5) is 0 Å². The van der Waals surface area contributed by atoms with Crippen LogP contribution in [0.25, 0.3) is 21.9 Å². The van der Waals surface area contributed by atoms with E-state index in [-0.39, 0.29) is 10.8 Å². The van der Waals surface area contributed by atoms with E-state index in [2.05, 4.69) is 6.07 Å². The SMILES string of the molecule is Oc1c(Cl)c(Cl)c(-c2[c]cccc2)c2ccccc12. The minimum Gasteiger partial charge on any atom is -0.506 e. The summed E-state index contributed by atoms with van der Waals surface area (Å²) in [5.41, 5.74) is 1.64. The third kappa shape index (κ3) is 1.95. The molecule has 0 aliphatic heterocycles. The first kappa shape index (κ1) is 12.3. The van der Waals surface area contributed by atoms with Gasteiger partial charge in [-0.25, -0.2) is 0 Å². The fourth-order valence-corrected chi connectivity index (χ4v) is 2.66. The third-order valence-corrected chi connectivity index (χ3v) is 3.89. The molecule has 3 aromatic rings. The Bertz CT molecular complexity index is 752. The van der Waals surface area contributed by atoms with Gasteiger partial charge in [-0.1, -0.05) is 71.7 Å². The first-order valence-electron chi connectivity index (χ1n) is 5.76. The average molecular weight is 288 g/mol. The molecular formula is C16H9Cl2O. The van der Waals surface area contributed by atoms with Crippen LogP contribution >= 0.6 is 23.2 Å². The lowest BCUT2D eigenvalue weighted by Crippen LogP contribution is -1.86. The quantitative estimate of drug-likeness (QED) is 0.642. The second-order valence-electron chi connectivity index (χ2n) is 4.17. The highest BCUT2D eigenvalue weighted by Crippen LogP contribution is 2.45. The molecule has 0 saturated heterocycles. The van der Waals surface area contributed by atoms with Crippen LogP contribution in [0.5, 0.6) is 5.75 Å².